The van der Waals surface area contributed by atoms with Gasteiger partial charge < -0.3 is 14.8 Å². The van der Waals surface area contributed by atoms with E-state index < -0.39 is 0 Å². The molecule has 2 aromatic rings. The van der Waals surface area contributed by atoms with Crippen LogP contribution in [0, 0.1) is 0 Å². The molecule has 2 rings (SSSR count). The van der Waals surface area contributed by atoms with Crippen molar-refractivity contribution in [2.24, 2.45) is 0 Å². The van der Waals surface area contributed by atoms with E-state index in [1.165, 1.54) is 4.88 Å². The number of ether oxygens (including phenoxy) is 2. The first-order valence-electron chi connectivity index (χ1n) is 6.86. The SMILES string of the molecule is COc1cc(Br)cc(CNCc2cccs2)c1OC(C)C. The lowest BCUT2D eigenvalue weighted by atomic mass is 10.1. The third-order valence-electron chi connectivity index (χ3n) is 2.86. The summed E-state index contributed by atoms with van der Waals surface area (Å²) in [6.07, 6.45) is 0.108. The van der Waals surface area contributed by atoms with Crippen LogP contribution < -0.4 is 14.8 Å². The summed E-state index contributed by atoms with van der Waals surface area (Å²) in [6, 6.07) is 8.20. The van der Waals surface area contributed by atoms with Crippen molar-refractivity contribution in [1.29, 1.82) is 0 Å². The molecule has 1 aromatic carbocycles. The molecule has 0 aliphatic carbocycles. The lowest BCUT2D eigenvalue weighted by Crippen LogP contribution is -2.15. The smallest absolute Gasteiger partial charge is 0.166 e. The van der Waals surface area contributed by atoms with Crippen LogP contribution in [0.25, 0.3) is 0 Å². The van der Waals surface area contributed by atoms with Crippen molar-refractivity contribution in [3.63, 3.8) is 0 Å². The van der Waals surface area contributed by atoms with E-state index in [1.807, 2.05) is 19.9 Å². The van der Waals surface area contributed by atoms with Crippen LogP contribution in [0.15, 0.2) is 34.1 Å². The van der Waals surface area contributed by atoms with Gasteiger partial charge in [-0.25, -0.2) is 0 Å². The molecule has 0 aliphatic heterocycles. The molecule has 1 heterocycles. The molecule has 0 amide bonds. The summed E-state index contributed by atoms with van der Waals surface area (Å²) in [4.78, 5) is 1.32. The summed E-state index contributed by atoms with van der Waals surface area (Å²) in [5, 5.41) is 5.54. The minimum atomic E-state index is 0.108. The molecule has 0 saturated carbocycles. The maximum Gasteiger partial charge on any atom is 0.166 e. The van der Waals surface area contributed by atoms with Gasteiger partial charge in [0.2, 0.25) is 0 Å². The molecule has 0 atom stereocenters. The van der Waals surface area contributed by atoms with E-state index >= 15 is 0 Å². The first kappa shape index (κ1) is 16.3. The number of hydrogen-bond donors (Lipinski definition) is 1. The number of hydrogen-bond acceptors (Lipinski definition) is 4. The van der Waals surface area contributed by atoms with Crippen LogP contribution in [0.5, 0.6) is 11.5 Å². The highest BCUT2D eigenvalue weighted by atomic mass is 79.9. The second-order valence-corrected chi connectivity index (χ2v) is 6.89. The lowest BCUT2D eigenvalue weighted by Gasteiger charge is -2.18. The van der Waals surface area contributed by atoms with Crippen molar-refractivity contribution in [3.8, 4) is 11.5 Å². The van der Waals surface area contributed by atoms with Crippen molar-refractivity contribution in [2.45, 2.75) is 33.0 Å². The lowest BCUT2D eigenvalue weighted by molar-refractivity contribution is 0.227. The van der Waals surface area contributed by atoms with Gasteiger partial charge in [0, 0.05) is 28.0 Å². The predicted octanol–water partition coefficient (Wildman–Crippen LogP) is 4.60. The third-order valence-corrected chi connectivity index (χ3v) is 4.20. The van der Waals surface area contributed by atoms with Gasteiger partial charge in [0.05, 0.1) is 13.2 Å². The van der Waals surface area contributed by atoms with Gasteiger partial charge in [-0.2, -0.15) is 0 Å². The molecule has 0 saturated heterocycles. The molecule has 5 heteroatoms. The normalized spacial score (nSPS) is 10.9. The summed E-state index contributed by atoms with van der Waals surface area (Å²) in [7, 11) is 1.66. The molecule has 0 aliphatic rings. The maximum atomic E-state index is 5.93. The van der Waals surface area contributed by atoms with Crippen molar-refractivity contribution in [3.05, 3.63) is 44.6 Å². The quantitative estimate of drug-likeness (QED) is 0.773. The molecule has 1 N–H and O–H groups in total. The number of methoxy groups -OCH3 is 1. The highest BCUT2D eigenvalue weighted by Gasteiger charge is 2.14. The molecule has 3 nitrogen and oxygen atoms in total. The van der Waals surface area contributed by atoms with E-state index in [2.05, 4.69) is 44.8 Å². The molecule has 114 valence electrons. The van der Waals surface area contributed by atoms with E-state index in [1.54, 1.807) is 18.4 Å². The van der Waals surface area contributed by atoms with Crippen LogP contribution in [-0.2, 0) is 13.1 Å². The Bertz CT molecular complexity index is 570. The van der Waals surface area contributed by atoms with Crippen LogP contribution in [-0.4, -0.2) is 13.2 Å². The Hall–Kier alpha value is -1.04. The Kier molecular flexibility index (Phi) is 6.08. The van der Waals surface area contributed by atoms with Gasteiger partial charge in [-0.15, -0.1) is 11.3 Å². The van der Waals surface area contributed by atoms with Crippen molar-refractivity contribution in [1.82, 2.24) is 5.32 Å². The predicted molar refractivity (Wildman–Crippen MR) is 91.3 cm³/mol. The van der Waals surface area contributed by atoms with Crippen molar-refractivity contribution < 1.29 is 9.47 Å². The Morgan fingerprint density at radius 1 is 1.29 bits per heavy atom. The number of benzene rings is 1. The zero-order chi connectivity index (χ0) is 15.2. The van der Waals surface area contributed by atoms with E-state index in [0.29, 0.717) is 0 Å². The fraction of sp³-hybridized carbons (Fsp3) is 0.375. The zero-order valence-corrected chi connectivity index (χ0v) is 14.9. The van der Waals surface area contributed by atoms with Crippen LogP contribution in [0.3, 0.4) is 0 Å². The van der Waals surface area contributed by atoms with Crippen LogP contribution in [0.2, 0.25) is 0 Å². The Morgan fingerprint density at radius 3 is 2.71 bits per heavy atom. The molecule has 0 fully saturated rings. The van der Waals surface area contributed by atoms with E-state index in [-0.39, 0.29) is 6.10 Å². The topological polar surface area (TPSA) is 30.5 Å². The zero-order valence-electron chi connectivity index (χ0n) is 12.5. The highest BCUT2D eigenvalue weighted by Crippen LogP contribution is 2.35. The van der Waals surface area contributed by atoms with Gasteiger partial charge in [0.25, 0.3) is 0 Å². The summed E-state index contributed by atoms with van der Waals surface area (Å²) >= 11 is 5.28. The average Bonchev–Trinajstić information content (AvgIpc) is 2.94. The second kappa shape index (κ2) is 7.82. The molecular formula is C16H20BrNO2S. The molecule has 0 bridgehead atoms. The molecule has 0 unspecified atom stereocenters. The number of halogens is 1. The number of rotatable bonds is 7. The Morgan fingerprint density at radius 2 is 2.10 bits per heavy atom. The van der Waals surface area contributed by atoms with E-state index in [0.717, 1.165) is 34.6 Å². The Balaban J connectivity index is 2.13. The fourth-order valence-corrected chi connectivity index (χ4v) is 3.17. The summed E-state index contributed by atoms with van der Waals surface area (Å²) < 4.78 is 12.4. The van der Waals surface area contributed by atoms with E-state index in [9.17, 15) is 0 Å². The maximum absolute atomic E-state index is 5.93. The average molecular weight is 370 g/mol. The highest BCUT2D eigenvalue weighted by molar-refractivity contribution is 9.10. The second-order valence-electron chi connectivity index (χ2n) is 4.95. The summed E-state index contributed by atoms with van der Waals surface area (Å²) in [5.74, 6) is 1.57. The van der Waals surface area contributed by atoms with Gasteiger partial charge in [0.15, 0.2) is 11.5 Å². The van der Waals surface area contributed by atoms with Gasteiger partial charge in [0.1, 0.15) is 0 Å². The Labute approximate surface area is 138 Å². The van der Waals surface area contributed by atoms with Gasteiger partial charge in [-0.05, 0) is 37.4 Å². The number of nitrogens with one attached hydrogen (secondary N) is 1. The number of thiophene rings is 1. The first-order chi connectivity index (χ1) is 10.1. The van der Waals surface area contributed by atoms with Crippen molar-refractivity contribution in [2.75, 3.05) is 7.11 Å². The monoisotopic (exact) mass is 369 g/mol. The van der Waals surface area contributed by atoms with Crippen LogP contribution in [0.4, 0.5) is 0 Å². The van der Waals surface area contributed by atoms with E-state index in [4.69, 9.17) is 9.47 Å². The van der Waals surface area contributed by atoms with Crippen LogP contribution in [0.1, 0.15) is 24.3 Å². The minimum Gasteiger partial charge on any atom is -0.493 e. The summed E-state index contributed by atoms with van der Waals surface area (Å²) in [5.41, 5.74) is 1.09. The largest absolute Gasteiger partial charge is 0.493 e. The molecular weight excluding hydrogens is 350 g/mol. The standard InChI is InChI=1S/C16H20BrNO2S/c1-11(2)20-16-12(7-13(17)8-15(16)19-3)9-18-10-14-5-4-6-21-14/h4-8,11,18H,9-10H2,1-3H3. The minimum absolute atomic E-state index is 0.108. The molecule has 0 radical (unpaired) electrons. The first-order valence-corrected chi connectivity index (χ1v) is 8.53. The molecule has 0 spiro atoms. The fourth-order valence-electron chi connectivity index (χ4n) is 2.01. The van der Waals surface area contributed by atoms with Crippen molar-refractivity contribution >= 4 is 27.3 Å². The van der Waals surface area contributed by atoms with Gasteiger partial charge in [-0.3, -0.25) is 0 Å². The van der Waals surface area contributed by atoms with Crippen LogP contribution >= 0.6 is 27.3 Å². The molecule has 21 heavy (non-hydrogen) atoms. The summed E-state index contributed by atoms with van der Waals surface area (Å²) in [6.45, 7) is 5.62. The van der Waals surface area contributed by atoms with Gasteiger partial charge >= 0.3 is 0 Å². The third kappa shape index (κ3) is 4.73. The van der Waals surface area contributed by atoms with Gasteiger partial charge in [-0.1, -0.05) is 22.0 Å². The molecule has 1 aromatic heterocycles.